The summed E-state index contributed by atoms with van der Waals surface area (Å²) < 4.78 is 37.8. The molecule has 3 N–H and O–H groups in total. The molecule has 20 heavy (non-hydrogen) atoms. The van der Waals surface area contributed by atoms with Crippen molar-refractivity contribution in [2.75, 3.05) is 5.73 Å². The second kappa shape index (κ2) is 5.50. The van der Waals surface area contributed by atoms with Gasteiger partial charge in [-0.1, -0.05) is 12.1 Å². The van der Waals surface area contributed by atoms with Crippen LogP contribution in [-0.4, -0.2) is 10.1 Å². The van der Waals surface area contributed by atoms with Gasteiger partial charge in [-0.25, -0.2) is 4.98 Å². The molecule has 1 unspecified atom stereocenters. The van der Waals surface area contributed by atoms with Crippen LogP contribution in [0.1, 0.15) is 22.8 Å². The third-order valence-corrected chi connectivity index (χ3v) is 2.87. The number of alkyl halides is 3. The molecule has 1 aromatic heterocycles. The molecule has 0 saturated carbocycles. The average Bonchev–Trinajstić information content (AvgIpc) is 2.38. The average molecular weight is 282 g/mol. The van der Waals surface area contributed by atoms with Crippen LogP contribution in [0.3, 0.4) is 0 Å². The van der Waals surface area contributed by atoms with E-state index in [0.717, 1.165) is 12.1 Å². The third kappa shape index (κ3) is 3.48. The Morgan fingerprint density at radius 3 is 2.60 bits per heavy atom. The van der Waals surface area contributed by atoms with E-state index in [1.807, 2.05) is 0 Å². The molecule has 0 aliphatic heterocycles. The highest BCUT2D eigenvalue weighted by atomic mass is 19.4. The molecular formula is C14H13F3N2O. The summed E-state index contributed by atoms with van der Waals surface area (Å²) in [4.78, 5) is 3.81. The molecule has 0 spiro atoms. The number of nitrogen functional groups attached to an aromatic ring is 1. The molecule has 0 saturated heterocycles. The lowest BCUT2D eigenvalue weighted by Crippen LogP contribution is -2.08. The van der Waals surface area contributed by atoms with Gasteiger partial charge in [0.25, 0.3) is 0 Å². The smallest absolute Gasteiger partial charge is 0.388 e. The highest BCUT2D eigenvalue weighted by Gasteiger charge is 2.30. The Bertz CT molecular complexity index is 599. The normalized spacial score (nSPS) is 13.2. The Hall–Kier alpha value is -2.08. The topological polar surface area (TPSA) is 59.1 Å². The van der Waals surface area contributed by atoms with E-state index in [1.165, 1.54) is 18.3 Å². The first-order valence-corrected chi connectivity index (χ1v) is 5.92. The van der Waals surface area contributed by atoms with Crippen molar-refractivity contribution >= 4 is 5.82 Å². The van der Waals surface area contributed by atoms with Crippen molar-refractivity contribution in [2.24, 2.45) is 0 Å². The summed E-state index contributed by atoms with van der Waals surface area (Å²) in [7, 11) is 0. The number of aromatic nitrogens is 1. The second-order valence-corrected chi connectivity index (χ2v) is 4.43. The number of nitrogens with zero attached hydrogens (tertiary/aromatic N) is 1. The fourth-order valence-electron chi connectivity index (χ4n) is 1.88. The van der Waals surface area contributed by atoms with Crippen LogP contribution in [0.5, 0.6) is 0 Å². The predicted octanol–water partition coefficient (Wildman–Crippen LogP) is 2.96. The lowest BCUT2D eigenvalue weighted by atomic mass is 10.00. The molecule has 1 heterocycles. The maximum atomic E-state index is 12.6. The summed E-state index contributed by atoms with van der Waals surface area (Å²) in [5.74, 6) is 0.304. The van der Waals surface area contributed by atoms with E-state index < -0.39 is 17.8 Å². The van der Waals surface area contributed by atoms with E-state index in [0.29, 0.717) is 11.4 Å². The van der Waals surface area contributed by atoms with Gasteiger partial charge in [-0.15, -0.1) is 0 Å². The lowest BCUT2D eigenvalue weighted by Gasteiger charge is -2.14. The Labute approximate surface area is 113 Å². The van der Waals surface area contributed by atoms with Gasteiger partial charge in [0.05, 0.1) is 11.7 Å². The molecule has 0 bridgehead atoms. The maximum Gasteiger partial charge on any atom is 0.416 e. The number of halogens is 3. The molecule has 0 amide bonds. The molecule has 3 nitrogen and oxygen atoms in total. The van der Waals surface area contributed by atoms with E-state index in [4.69, 9.17) is 5.73 Å². The van der Waals surface area contributed by atoms with Gasteiger partial charge in [-0.3, -0.25) is 0 Å². The summed E-state index contributed by atoms with van der Waals surface area (Å²) in [6.07, 6.45) is -3.78. The summed E-state index contributed by atoms with van der Waals surface area (Å²) in [6.45, 7) is 0. The van der Waals surface area contributed by atoms with Crippen LogP contribution >= 0.6 is 0 Å². The maximum absolute atomic E-state index is 12.6. The van der Waals surface area contributed by atoms with Crippen LogP contribution in [0.25, 0.3) is 0 Å². The van der Waals surface area contributed by atoms with Crippen LogP contribution in [0, 0.1) is 0 Å². The molecule has 1 aromatic carbocycles. The first kappa shape index (κ1) is 14.3. The van der Waals surface area contributed by atoms with E-state index in [2.05, 4.69) is 4.98 Å². The highest BCUT2D eigenvalue weighted by molar-refractivity contribution is 5.33. The third-order valence-electron chi connectivity index (χ3n) is 2.87. The lowest BCUT2D eigenvalue weighted by molar-refractivity contribution is -0.137. The van der Waals surface area contributed by atoms with Crippen molar-refractivity contribution in [1.82, 2.24) is 4.98 Å². The van der Waals surface area contributed by atoms with Gasteiger partial charge >= 0.3 is 6.18 Å². The zero-order valence-corrected chi connectivity index (χ0v) is 10.4. The fraction of sp³-hybridized carbons (Fsp3) is 0.214. The summed E-state index contributed by atoms with van der Waals surface area (Å²) >= 11 is 0. The first-order valence-electron chi connectivity index (χ1n) is 5.92. The number of aliphatic hydroxyl groups is 1. The highest BCUT2D eigenvalue weighted by Crippen LogP contribution is 2.31. The summed E-state index contributed by atoms with van der Waals surface area (Å²) in [6, 6.07) is 7.91. The second-order valence-electron chi connectivity index (χ2n) is 4.43. The number of hydrogen-bond donors (Lipinski definition) is 2. The van der Waals surface area contributed by atoms with Gasteiger partial charge in [-0.05, 0) is 35.4 Å². The molecule has 2 rings (SSSR count). The van der Waals surface area contributed by atoms with Gasteiger partial charge in [0.15, 0.2) is 0 Å². The van der Waals surface area contributed by atoms with Crippen molar-refractivity contribution in [1.29, 1.82) is 0 Å². The van der Waals surface area contributed by atoms with Crippen LogP contribution in [-0.2, 0) is 12.6 Å². The number of rotatable bonds is 3. The molecular weight excluding hydrogens is 269 g/mol. The van der Waals surface area contributed by atoms with E-state index in [1.54, 1.807) is 12.1 Å². The minimum atomic E-state index is -4.42. The molecule has 6 heteroatoms. The minimum Gasteiger partial charge on any atom is -0.388 e. The molecule has 0 radical (unpaired) electrons. The number of benzene rings is 1. The SMILES string of the molecule is Nc1cc(CC(O)c2cccc(C(F)(F)F)c2)ccn1. The Morgan fingerprint density at radius 2 is 1.95 bits per heavy atom. The van der Waals surface area contributed by atoms with Crippen molar-refractivity contribution in [2.45, 2.75) is 18.7 Å². The quantitative estimate of drug-likeness (QED) is 0.910. The zero-order valence-electron chi connectivity index (χ0n) is 10.4. The van der Waals surface area contributed by atoms with Crippen LogP contribution in [0.4, 0.5) is 19.0 Å². The van der Waals surface area contributed by atoms with Crippen LogP contribution in [0.15, 0.2) is 42.6 Å². The van der Waals surface area contributed by atoms with Crippen LogP contribution in [0.2, 0.25) is 0 Å². The van der Waals surface area contributed by atoms with E-state index in [-0.39, 0.29) is 12.0 Å². The molecule has 0 aliphatic rings. The van der Waals surface area contributed by atoms with Crippen molar-refractivity contribution in [3.8, 4) is 0 Å². The minimum absolute atomic E-state index is 0.175. The zero-order chi connectivity index (χ0) is 14.8. The van der Waals surface area contributed by atoms with Gasteiger partial charge < -0.3 is 10.8 Å². The number of hydrogen-bond acceptors (Lipinski definition) is 3. The van der Waals surface area contributed by atoms with E-state index >= 15 is 0 Å². The van der Waals surface area contributed by atoms with Gasteiger partial charge in [0.2, 0.25) is 0 Å². The van der Waals surface area contributed by atoms with Gasteiger partial charge in [0.1, 0.15) is 5.82 Å². The van der Waals surface area contributed by atoms with Gasteiger partial charge in [0, 0.05) is 12.6 Å². The molecule has 0 aliphatic carbocycles. The number of aliphatic hydroxyl groups excluding tert-OH is 1. The standard InChI is InChI=1S/C14H13F3N2O/c15-14(16,17)11-3-1-2-10(8-11)12(20)6-9-4-5-19-13(18)7-9/h1-5,7-8,12,20H,6H2,(H2,18,19). The summed E-state index contributed by atoms with van der Waals surface area (Å²) in [5, 5.41) is 10.0. The van der Waals surface area contributed by atoms with Crippen molar-refractivity contribution in [3.05, 3.63) is 59.3 Å². The molecule has 0 fully saturated rings. The predicted molar refractivity (Wildman–Crippen MR) is 68.8 cm³/mol. The number of pyridine rings is 1. The van der Waals surface area contributed by atoms with Crippen molar-refractivity contribution in [3.63, 3.8) is 0 Å². The largest absolute Gasteiger partial charge is 0.416 e. The monoisotopic (exact) mass is 282 g/mol. The molecule has 106 valence electrons. The summed E-state index contributed by atoms with van der Waals surface area (Å²) in [5.41, 5.74) is 5.67. The number of nitrogens with two attached hydrogens (primary N) is 1. The molecule has 2 aromatic rings. The van der Waals surface area contributed by atoms with Crippen LogP contribution < -0.4 is 5.73 Å². The Morgan fingerprint density at radius 1 is 1.20 bits per heavy atom. The van der Waals surface area contributed by atoms with E-state index in [9.17, 15) is 18.3 Å². The molecule has 1 atom stereocenters. The Balaban J connectivity index is 2.19. The Kier molecular flexibility index (Phi) is 3.94. The van der Waals surface area contributed by atoms with Gasteiger partial charge in [-0.2, -0.15) is 13.2 Å². The number of anilines is 1. The fourth-order valence-corrected chi connectivity index (χ4v) is 1.88. The van der Waals surface area contributed by atoms with Crippen molar-refractivity contribution < 1.29 is 18.3 Å². The first-order chi connectivity index (χ1) is 9.36.